The highest BCUT2D eigenvalue weighted by molar-refractivity contribution is 9.11. The number of hydrogen-bond donors (Lipinski definition) is 4. The number of carbonyl (C=O) groups excluding carboxylic acids is 3. The van der Waals surface area contributed by atoms with E-state index in [1.807, 2.05) is 108 Å². The second-order valence-electron chi connectivity index (χ2n) is 20.1. The first-order valence-corrected chi connectivity index (χ1v) is 25.8. The topological polar surface area (TPSA) is 236 Å². The van der Waals surface area contributed by atoms with E-state index in [4.69, 9.17) is 41.4 Å². The normalized spacial score (nSPS) is 17.9. The predicted octanol–water partition coefficient (Wildman–Crippen LogP) is 11.6. The zero-order valence-electron chi connectivity index (χ0n) is 41.9. The number of aromatic amines is 2. The maximum absolute atomic E-state index is 12.3. The summed E-state index contributed by atoms with van der Waals surface area (Å²) in [4.78, 5) is 56.2. The van der Waals surface area contributed by atoms with Gasteiger partial charge in [0.15, 0.2) is 6.19 Å². The van der Waals surface area contributed by atoms with Crippen molar-refractivity contribution in [1.82, 2.24) is 34.6 Å². The molecule has 3 atom stereocenters. The van der Waals surface area contributed by atoms with E-state index in [1.165, 1.54) is 0 Å². The number of nitriles is 2. The summed E-state index contributed by atoms with van der Waals surface area (Å²) in [5.41, 5.74) is 17.8. The summed E-state index contributed by atoms with van der Waals surface area (Å²) in [5, 5.41) is 18.3. The molecule has 3 aliphatic rings. The fourth-order valence-electron chi connectivity index (χ4n) is 8.59. The molecular weight excluding hydrogens is 1040 g/mol. The van der Waals surface area contributed by atoms with E-state index in [0.717, 1.165) is 118 Å². The molecule has 0 bridgehead atoms. The number of aromatic nitrogens is 4. The van der Waals surface area contributed by atoms with Gasteiger partial charge in [-0.1, -0.05) is 36.4 Å². The number of nitrogens with two attached hydrogens (primary N) is 2. The van der Waals surface area contributed by atoms with Gasteiger partial charge in [-0.25, -0.2) is 19.6 Å². The number of hydrogen-bond acceptors (Lipinski definition) is 12. The highest BCUT2D eigenvalue weighted by Gasteiger charge is 2.31. The van der Waals surface area contributed by atoms with Gasteiger partial charge in [0.2, 0.25) is 0 Å². The van der Waals surface area contributed by atoms with Crippen LogP contribution in [0, 0.1) is 28.7 Å². The summed E-state index contributed by atoms with van der Waals surface area (Å²) in [6.07, 6.45) is 8.41. The third-order valence-electron chi connectivity index (χ3n) is 12.1. The van der Waals surface area contributed by atoms with Crippen molar-refractivity contribution in [2.24, 2.45) is 5.92 Å². The van der Waals surface area contributed by atoms with Crippen molar-refractivity contribution in [2.45, 2.75) is 103 Å². The average molecular weight is 1110 g/mol. The van der Waals surface area contributed by atoms with E-state index in [-0.39, 0.29) is 29.9 Å². The number of para-hydroxylation sites is 3. The van der Waals surface area contributed by atoms with Crippen LogP contribution in [0.4, 0.5) is 21.0 Å². The third kappa shape index (κ3) is 15.2. The number of nitrogens with zero attached hydrogens (tertiary/aromatic N) is 7. The van der Waals surface area contributed by atoms with Crippen molar-refractivity contribution in [2.75, 3.05) is 50.7 Å². The minimum absolute atomic E-state index is 0.0220. The number of aldehydes is 1. The number of piperidine rings is 3. The van der Waals surface area contributed by atoms with Crippen molar-refractivity contribution < 1.29 is 23.9 Å². The second-order valence-corrected chi connectivity index (χ2v) is 21.8. The molecule has 5 heterocycles. The minimum Gasteiger partial charge on any atom is -0.444 e. The molecule has 4 aromatic carbocycles. The number of likely N-dealkylation sites (tertiary alicyclic amines) is 3. The van der Waals surface area contributed by atoms with Crippen molar-refractivity contribution in [3.63, 3.8) is 0 Å². The van der Waals surface area contributed by atoms with Crippen molar-refractivity contribution >= 4 is 83.8 Å². The van der Waals surface area contributed by atoms with Crippen LogP contribution >= 0.6 is 31.9 Å². The molecule has 3 fully saturated rings. The first-order valence-electron chi connectivity index (χ1n) is 24.2. The zero-order chi connectivity index (χ0) is 52.2. The number of amides is 2. The molecule has 3 saturated heterocycles. The molecule has 2 aromatic heterocycles. The Morgan fingerprint density at radius 1 is 0.708 bits per heavy atom. The Bertz CT molecular complexity index is 2890. The second kappa shape index (κ2) is 24.7. The van der Waals surface area contributed by atoms with Crippen molar-refractivity contribution in [3.8, 4) is 23.4 Å². The lowest BCUT2D eigenvalue weighted by Gasteiger charge is -2.33. The number of fused-ring (bicyclic) bond motifs is 2. The lowest BCUT2D eigenvalue weighted by molar-refractivity contribution is -0.112. The molecule has 0 spiro atoms. The smallest absolute Gasteiger partial charge is 0.410 e. The summed E-state index contributed by atoms with van der Waals surface area (Å²) in [5.74, 6) is 2.33. The molecule has 6 aromatic rings. The molecule has 3 unspecified atom stereocenters. The van der Waals surface area contributed by atoms with Gasteiger partial charge in [-0.3, -0.25) is 0 Å². The number of rotatable bonds is 4. The molecule has 72 heavy (non-hydrogen) atoms. The van der Waals surface area contributed by atoms with Gasteiger partial charge in [0.25, 0.3) is 0 Å². The van der Waals surface area contributed by atoms with E-state index >= 15 is 0 Å². The van der Waals surface area contributed by atoms with Crippen LogP contribution in [-0.2, 0) is 14.3 Å². The van der Waals surface area contributed by atoms with Gasteiger partial charge in [0, 0.05) is 71.5 Å². The van der Waals surface area contributed by atoms with Crippen LogP contribution in [0.5, 0.6) is 0 Å². The van der Waals surface area contributed by atoms with Crippen LogP contribution in [0.2, 0.25) is 0 Å². The largest absolute Gasteiger partial charge is 0.444 e. The molecular formula is C54H65Br2N11O5. The van der Waals surface area contributed by atoms with Crippen LogP contribution in [0.3, 0.4) is 0 Å². The molecule has 3 aliphatic heterocycles. The number of benzene rings is 4. The monoisotopic (exact) mass is 1110 g/mol. The summed E-state index contributed by atoms with van der Waals surface area (Å²) < 4.78 is 12.6. The Labute approximate surface area is 438 Å². The van der Waals surface area contributed by atoms with Gasteiger partial charge in [-0.05, 0) is 160 Å². The van der Waals surface area contributed by atoms with Gasteiger partial charge in [0.05, 0.1) is 39.6 Å². The minimum atomic E-state index is -0.467. The molecule has 0 saturated carbocycles. The molecule has 6 N–H and O–H groups in total. The van der Waals surface area contributed by atoms with Gasteiger partial charge in [-0.2, -0.15) is 10.5 Å². The highest BCUT2D eigenvalue weighted by atomic mass is 79.9. The number of nitrogen functional groups attached to an aromatic ring is 2. The van der Waals surface area contributed by atoms with E-state index in [2.05, 4.69) is 54.1 Å². The average Bonchev–Trinajstić information content (AvgIpc) is 4.02. The summed E-state index contributed by atoms with van der Waals surface area (Å²) in [6, 6.07) is 27.3. The van der Waals surface area contributed by atoms with Gasteiger partial charge < -0.3 is 50.4 Å². The van der Waals surface area contributed by atoms with Gasteiger partial charge in [0.1, 0.15) is 34.7 Å². The van der Waals surface area contributed by atoms with Crippen LogP contribution in [0.25, 0.3) is 33.2 Å². The maximum Gasteiger partial charge on any atom is 0.410 e. The predicted molar refractivity (Wildman–Crippen MR) is 289 cm³/mol. The Morgan fingerprint density at radius 3 is 1.83 bits per heavy atom. The fourth-order valence-corrected chi connectivity index (χ4v) is 9.43. The molecule has 9 rings (SSSR count). The third-order valence-corrected chi connectivity index (χ3v) is 13.4. The van der Waals surface area contributed by atoms with Crippen molar-refractivity contribution in [1.29, 1.82) is 10.5 Å². The highest BCUT2D eigenvalue weighted by Crippen LogP contribution is 2.33. The number of ether oxygens (including phenoxy) is 2. The number of nitrogens with one attached hydrogen (secondary N) is 2. The number of halogens is 2. The Balaban J connectivity index is 0.000000166. The van der Waals surface area contributed by atoms with Gasteiger partial charge in [-0.15, -0.1) is 0 Å². The van der Waals surface area contributed by atoms with Crippen molar-refractivity contribution in [3.05, 3.63) is 105 Å². The summed E-state index contributed by atoms with van der Waals surface area (Å²) >= 11 is 6.78. The standard InChI is InChI=1S/C20H17N5.C17H22BrN3O2.C11H19NO3.C6H7BrN2/c21-11-14-4-1-5-15(10-14)17-7-2-8-18-19(17)24-20(23-18)16-6-3-9-25(12-16)13-22;1-17(2,3)23-16(22)21-9-5-6-11(10-21)15-19-13-8-4-7-12(18)14(13)20-15;1-11(2,3)15-10(14)12-6-4-5-9(7-12)8-13;7-4-2-1-3-5(8)6(4)9/h1-2,4-5,7-8,10,16H,3,6,9,12H2,(H,23,24);4,7-8,11H,5-6,9-10H2,1-3H3,(H,19,20);8-9H,4-7H2,1-3H3;1-3H,8-9H2. The molecule has 380 valence electrons. The SMILES string of the molecule is CC(C)(C)OC(=O)N1CCCC(C=O)C1.CC(C)(C)OC(=O)N1CCCC(c2nc3c(Br)cccc3[nH]2)C1.N#Cc1cccc(-c2cccc3[nH]c(C4CCCN(C#N)C4)nc23)c1.Nc1cccc(Br)c1N. The lowest BCUT2D eigenvalue weighted by Crippen LogP contribution is -2.43. The molecule has 2 amide bonds. The molecule has 0 radical (unpaired) electrons. The number of H-pyrrole nitrogens is 2. The van der Waals surface area contributed by atoms with Crippen LogP contribution in [0.15, 0.2) is 87.8 Å². The summed E-state index contributed by atoms with van der Waals surface area (Å²) in [6.45, 7) is 15.3. The van der Waals surface area contributed by atoms with Crippen LogP contribution in [0.1, 0.15) is 109 Å². The number of imidazole rings is 2. The summed E-state index contributed by atoms with van der Waals surface area (Å²) in [7, 11) is 0. The van der Waals surface area contributed by atoms with E-state index < -0.39 is 11.2 Å². The lowest BCUT2D eigenvalue weighted by atomic mass is 9.98. The van der Waals surface area contributed by atoms with E-state index in [9.17, 15) is 14.4 Å². The first-order chi connectivity index (χ1) is 34.2. The number of anilines is 2. The molecule has 0 aliphatic carbocycles. The first kappa shape index (κ1) is 54.7. The molecule has 16 nitrogen and oxygen atoms in total. The van der Waals surface area contributed by atoms with E-state index in [1.54, 1.807) is 26.8 Å². The van der Waals surface area contributed by atoms with E-state index in [0.29, 0.717) is 36.6 Å². The van der Waals surface area contributed by atoms with Gasteiger partial charge >= 0.3 is 12.2 Å². The molecule has 18 heteroatoms. The van der Waals surface area contributed by atoms with Crippen LogP contribution in [-0.4, -0.2) is 104 Å². The fraction of sp³-hybridized carbons (Fsp3) is 0.426. The Morgan fingerprint density at radius 2 is 1.25 bits per heavy atom. The maximum atomic E-state index is 12.3. The quantitative estimate of drug-likeness (QED) is 0.0733. The Hall–Kier alpha value is -6.63. The zero-order valence-corrected chi connectivity index (χ0v) is 45.1. The van der Waals surface area contributed by atoms with Crippen LogP contribution < -0.4 is 11.5 Å². The number of carbonyl (C=O) groups is 3. The Kier molecular flexibility index (Phi) is 18.7.